The summed E-state index contributed by atoms with van der Waals surface area (Å²) in [5.41, 5.74) is 8.66. The largest absolute Gasteiger partial charge is 0.451 e. The summed E-state index contributed by atoms with van der Waals surface area (Å²) >= 11 is 0. The first-order chi connectivity index (χ1) is 14.0. The molecule has 4 N–H and O–H groups in total. The maximum Gasteiger partial charge on any atom is 0.291 e. The lowest BCUT2D eigenvalue weighted by molar-refractivity contribution is 0.0998. The van der Waals surface area contributed by atoms with E-state index in [1.165, 1.54) is 12.1 Å². The Labute approximate surface area is 166 Å². The molecule has 0 radical (unpaired) electrons. The van der Waals surface area contributed by atoms with Crippen LogP contribution in [0.2, 0.25) is 0 Å². The number of nitrogens with two attached hydrogens (primary N) is 1. The fourth-order valence-corrected chi connectivity index (χ4v) is 3.12. The number of pyridine rings is 1. The lowest BCUT2D eigenvalue weighted by Crippen LogP contribution is -2.13. The Balaban J connectivity index is 1.53. The van der Waals surface area contributed by atoms with E-state index in [9.17, 15) is 9.18 Å². The third-order valence-corrected chi connectivity index (χ3v) is 4.66. The van der Waals surface area contributed by atoms with Crippen molar-refractivity contribution in [2.45, 2.75) is 13.5 Å². The van der Waals surface area contributed by atoms with Crippen LogP contribution in [0.25, 0.3) is 11.0 Å². The number of benzene rings is 2. The van der Waals surface area contributed by atoms with Gasteiger partial charge in [0.2, 0.25) is 0 Å². The fraction of sp³-hybridized carbons (Fsp3) is 0.0909. The number of nitrogens with zero attached hydrogens (tertiary/aromatic N) is 1. The Morgan fingerprint density at radius 1 is 1.17 bits per heavy atom. The fourth-order valence-electron chi connectivity index (χ4n) is 3.12. The van der Waals surface area contributed by atoms with Gasteiger partial charge in [0.15, 0.2) is 5.76 Å². The maximum absolute atomic E-state index is 14.2. The van der Waals surface area contributed by atoms with Gasteiger partial charge in [-0.2, -0.15) is 0 Å². The van der Waals surface area contributed by atoms with Gasteiger partial charge >= 0.3 is 0 Å². The third-order valence-electron chi connectivity index (χ3n) is 4.66. The average Bonchev–Trinajstić information content (AvgIpc) is 3.06. The second kappa shape index (κ2) is 7.63. The molecule has 0 saturated carbocycles. The minimum absolute atomic E-state index is 0.190. The molecule has 2 aromatic carbocycles. The molecule has 7 heteroatoms. The van der Waals surface area contributed by atoms with Crippen LogP contribution < -0.4 is 16.4 Å². The van der Waals surface area contributed by atoms with E-state index in [0.29, 0.717) is 28.3 Å². The van der Waals surface area contributed by atoms with Crippen LogP contribution in [0, 0.1) is 12.7 Å². The number of aryl methyl sites for hydroxylation is 1. The van der Waals surface area contributed by atoms with Crippen LogP contribution in [0.15, 0.2) is 65.2 Å². The molecule has 0 saturated heterocycles. The van der Waals surface area contributed by atoms with Crippen LogP contribution in [0.5, 0.6) is 0 Å². The SMILES string of the molecule is Cc1c(C(=O)Nc2ccc(F)c(CNc3cccnc3N)c2)oc2ccccc12. The van der Waals surface area contributed by atoms with E-state index in [1.807, 2.05) is 31.2 Å². The number of nitrogen functional groups attached to an aromatic ring is 1. The van der Waals surface area contributed by atoms with E-state index in [4.69, 9.17) is 10.2 Å². The van der Waals surface area contributed by atoms with Crippen molar-refractivity contribution in [3.05, 3.63) is 83.5 Å². The molecule has 0 atom stereocenters. The molecular weight excluding hydrogens is 371 g/mol. The Bertz CT molecular complexity index is 1200. The van der Waals surface area contributed by atoms with Gasteiger partial charge < -0.3 is 20.8 Å². The van der Waals surface area contributed by atoms with Crippen molar-refractivity contribution < 1.29 is 13.6 Å². The number of aromatic nitrogens is 1. The molecule has 2 heterocycles. The highest BCUT2D eigenvalue weighted by atomic mass is 19.1. The molecule has 0 aliphatic heterocycles. The highest BCUT2D eigenvalue weighted by molar-refractivity contribution is 6.06. The molecule has 4 aromatic rings. The number of nitrogens with one attached hydrogen (secondary N) is 2. The summed E-state index contributed by atoms with van der Waals surface area (Å²) in [6.45, 7) is 2.02. The van der Waals surface area contributed by atoms with Gasteiger partial charge in [-0.1, -0.05) is 18.2 Å². The molecule has 4 rings (SSSR count). The predicted octanol–water partition coefficient (Wildman–Crippen LogP) is 4.72. The van der Waals surface area contributed by atoms with E-state index in [1.54, 1.807) is 24.4 Å². The van der Waals surface area contributed by atoms with Gasteiger partial charge in [0, 0.05) is 34.9 Å². The summed E-state index contributed by atoms with van der Waals surface area (Å²) in [7, 11) is 0. The highest BCUT2D eigenvalue weighted by Gasteiger charge is 2.18. The van der Waals surface area contributed by atoms with Crippen LogP contribution >= 0.6 is 0 Å². The highest BCUT2D eigenvalue weighted by Crippen LogP contribution is 2.26. The summed E-state index contributed by atoms with van der Waals surface area (Å²) < 4.78 is 19.9. The number of carbonyl (C=O) groups is 1. The number of rotatable bonds is 5. The summed E-state index contributed by atoms with van der Waals surface area (Å²) in [6.07, 6.45) is 1.58. The van der Waals surface area contributed by atoms with Crippen LogP contribution in [-0.4, -0.2) is 10.9 Å². The number of furan rings is 1. The quantitative estimate of drug-likeness (QED) is 0.458. The predicted molar refractivity (Wildman–Crippen MR) is 111 cm³/mol. The lowest BCUT2D eigenvalue weighted by atomic mass is 10.1. The van der Waals surface area contributed by atoms with Crippen LogP contribution in [0.3, 0.4) is 0 Å². The van der Waals surface area contributed by atoms with E-state index in [0.717, 1.165) is 10.9 Å². The number of halogens is 1. The zero-order valence-electron chi connectivity index (χ0n) is 15.7. The van der Waals surface area contributed by atoms with E-state index >= 15 is 0 Å². The first-order valence-corrected chi connectivity index (χ1v) is 9.05. The Morgan fingerprint density at radius 2 is 2.00 bits per heavy atom. The van der Waals surface area contributed by atoms with E-state index in [-0.39, 0.29) is 18.2 Å². The standard InChI is InChI=1S/C22H19FN4O2/c1-13-16-5-2-3-7-19(16)29-20(13)22(28)27-15-8-9-17(23)14(11-15)12-26-18-6-4-10-25-21(18)24/h2-11,26H,12H2,1H3,(H2,24,25)(H,27,28). The minimum Gasteiger partial charge on any atom is -0.451 e. The first-order valence-electron chi connectivity index (χ1n) is 9.05. The summed E-state index contributed by atoms with van der Waals surface area (Å²) in [4.78, 5) is 16.7. The van der Waals surface area contributed by atoms with Gasteiger partial charge in [-0.05, 0) is 43.3 Å². The molecular formula is C22H19FN4O2. The zero-order chi connectivity index (χ0) is 20.4. The van der Waals surface area contributed by atoms with Crippen molar-refractivity contribution >= 4 is 34.1 Å². The molecule has 29 heavy (non-hydrogen) atoms. The van der Waals surface area contributed by atoms with Gasteiger partial charge in [0.05, 0.1) is 5.69 Å². The number of para-hydroxylation sites is 1. The van der Waals surface area contributed by atoms with E-state index in [2.05, 4.69) is 15.6 Å². The summed E-state index contributed by atoms with van der Waals surface area (Å²) in [5.74, 6) is -0.213. The average molecular weight is 390 g/mol. The van der Waals surface area contributed by atoms with Crippen molar-refractivity contribution in [3.8, 4) is 0 Å². The second-order valence-corrected chi connectivity index (χ2v) is 6.60. The molecule has 6 nitrogen and oxygen atoms in total. The monoisotopic (exact) mass is 390 g/mol. The van der Waals surface area contributed by atoms with Crippen molar-refractivity contribution in [3.63, 3.8) is 0 Å². The zero-order valence-corrected chi connectivity index (χ0v) is 15.7. The number of hydrogen-bond donors (Lipinski definition) is 3. The molecule has 0 bridgehead atoms. The molecule has 0 aliphatic rings. The number of fused-ring (bicyclic) bond motifs is 1. The molecule has 0 spiro atoms. The van der Waals surface area contributed by atoms with Crippen LogP contribution in [0.4, 0.5) is 21.6 Å². The number of amides is 1. The Morgan fingerprint density at radius 3 is 2.79 bits per heavy atom. The number of carbonyl (C=O) groups excluding carboxylic acids is 1. The van der Waals surface area contributed by atoms with Gasteiger partial charge in [0.1, 0.15) is 17.2 Å². The molecule has 0 unspecified atom stereocenters. The Kier molecular flexibility index (Phi) is 4.87. The molecule has 0 aliphatic carbocycles. The van der Waals surface area contributed by atoms with Crippen molar-refractivity contribution in [1.82, 2.24) is 4.98 Å². The van der Waals surface area contributed by atoms with Gasteiger partial charge in [-0.15, -0.1) is 0 Å². The minimum atomic E-state index is -0.391. The van der Waals surface area contributed by atoms with Crippen LogP contribution in [0.1, 0.15) is 21.7 Å². The normalized spacial score (nSPS) is 10.8. The van der Waals surface area contributed by atoms with Gasteiger partial charge in [-0.3, -0.25) is 4.79 Å². The number of hydrogen-bond acceptors (Lipinski definition) is 5. The molecule has 0 fully saturated rings. The third kappa shape index (κ3) is 3.75. The number of anilines is 3. The summed E-state index contributed by atoms with van der Waals surface area (Å²) in [5, 5.41) is 6.71. The Hall–Kier alpha value is -3.87. The van der Waals surface area contributed by atoms with Crippen molar-refractivity contribution in [2.24, 2.45) is 0 Å². The second-order valence-electron chi connectivity index (χ2n) is 6.60. The maximum atomic E-state index is 14.2. The lowest BCUT2D eigenvalue weighted by Gasteiger charge is -2.11. The summed E-state index contributed by atoms with van der Waals surface area (Å²) in [6, 6.07) is 15.3. The molecule has 146 valence electrons. The van der Waals surface area contributed by atoms with Crippen molar-refractivity contribution in [2.75, 3.05) is 16.4 Å². The van der Waals surface area contributed by atoms with Crippen molar-refractivity contribution in [1.29, 1.82) is 0 Å². The molecule has 1 amide bonds. The van der Waals surface area contributed by atoms with Gasteiger partial charge in [0.25, 0.3) is 5.91 Å². The smallest absolute Gasteiger partial charge is 0.291 e. The van der Waals surface area contributed by atoms with Crippen LogP contribution in [-0.2, 0) is 6.54 Å². The molecule has 2 aromatic heterocycles. The topological polar surface area (TPSA) is 93.2 Å². The first kappa shape index (κ1) is 18.5. The van der Waals surface area contributed by atoms with E-state index < -0.39 is 5.82 Å². The van der Waals surface area contributed by atoms with Gasteiger partial charge in [-0.25, -0.2) is 9.37 Å².